The first-order valence-corrected chi connectivity index (χ1v) is 26.9. The van der Waals surface area contributed by atoms with Gasteiger partial charge in [0.1, 0.15) is 0 Å². The van der Waals surface area contributed by atoms with Gasteiger partial charge < -0.3 is 23.7 Å². The van der Waals surface area contributed by atoms with Crippen LogP contribution in [0.1, 0.15) is 256 Å². The minimum atomic E-state index is -0.471. The third-order valence-electron chi connectivity index (χ3n) is 11.2. The number of unbranched alkanes of at least 4 members (excludes halogenated alkanes) is 20. The van der Waals surface area contributed by atoms with E-state index < -0.39 is 23.9 Å². The number of hydrogen-bond acceptors (Lipinski definition) is 10. The van der Waals surface area contributed by atoms with Crippen LogP contribution in [0.15, 0.2) is 72.8 Å². The van der Waals surface area contributed by atoms with Crippen molar-refractivity contribution in [2.45, 2.75) is 214 Å². The number of methoxy groups -OCH3 is 1. The molecule has 0 bridgehead atoms. The SMILES string of the molecule is CCCCC/C=C\C/C=C\CCCCCCCC(=O)OC.CCCCCCCCOC(=O)c1ccccc1C(=O)OCCCCCCCC.CCCCOC(=O)c1ccccc1C(=O)OCCCC. The largest absolute Gasteiger partial charge is 0.469 e. The van der Waals surface area contributed by atoms with Gasteiger partial charge in [0, 0.05) is 6.42 Å². The van der Waals surface area contributed by atoms with Crippen molar-refractivity contribution in [1.82, 2.24) is 0 Å². The number of benzene rings is 2. The molecule has 0 aliphatic rings. The van der Waals surface area contributed by atoms with Crippen LogP contribution in [0, 0.1) is 0 Å². The molecule has 2 aromatic rings. The molecule has 0 aromatic heterocycles. The average Bonchev–Trinajstić information content (AvgIpc) is 3.37. The first-order valence-electron chi connectivity index (χ1n) is 26.9. The van der Waals surface area contributed by atoms with E-state index in [1.165, 1.54) is 110 Å². The Morgan fingerprint density at radius 1 is 0.362 bits per heavy atom. The second-order valence-corrected chi connectivity index (χ2v) is 17.4. The third kappa shape index (κ3) is 36.9. The molecule has 69 heavy (non-hydrogen) atoms. The molecular weight excluding hydrogens is 869 g/mol. The van der Waals surface area contributed by atoms with Gasteiger partial charge in [0.2, 0.25) is 0 Å². The molecular formula is C59H94O10. The Kier molecular flexibility index (Phi) is 45.0. The van der Waals surface area contributed by atoms with Crippen LogP contribution in [0.25, 0.3) is 0 Å². The number of hydrogen-bond donors (Lipinski definition) is 0. The van der Waals surface area contributed by atoms with Gasteiger partial charge >= 0.3 is 29.8 Å². The van der Waals surface area contributed by atoms with Crippen molar-refractivity contribution in [1.29, 1.82) is 0 Å². The second-order valence-electron chi connectivity index (χ2n) is 17.4. The van der Waals surface area contributed by atoms with Crippen molar-refractivity contribution < 1.29 is 47.7 Å². The van der Waals surface area contributed by atoms with Gasteiger partial charge in [-0.05, 0) is 88.5 Å². The zero-order valence-electron chi connectivity index (χ0n) is 44.1. The van der Waals surface area contributed by atoms with Crippen LogP contribution in [0.4, 0.5) is 0 Å². The molecule has 2 aromatic carbocycles. The quantitative estimate of drug-likeness (QED) is 0.0277. The fraction of sp³-hybridized carbons (Fsp3) is 0.644. The lowest BCUT2D eigenvalue weighted by Crippen LogP contribution is -2.15. The van der Waals surface area contributed by atoms with Crippen LogP contribution in [0.3, 0.4) is 0 Å². The minimum Gasteiger partial charge on any atom is -0.469 e. The minimum absolute atomic E-state index is 0.0827. The Morgan fingerprint density at radius 3 is 1.01 bits per heavy atom. The molecule has 0 saturated carbocycles. The lowest BCUT2D eigenvalue weighted by Gasteiger charge is -2.10. The molecule has 0 unspecified atom stereocenters. The molecule has 2 rings (SSSR count). The Balaban J connectivity index is 0.00000103. The van der Waals surface area contributed by atoms with E-state index in [1.807, 2.05) is 13.8 Å². The monoisotopic (exact) mass is 963 g/mol. The molecule has 10 nitrogen and oxygen atoms in total. The van der Waals surface area contributed by atoms with Gasteiger partial charge in [0.25, 0.3) is 0 Å². The Labute approximate surface area is 419 Å². The summed E-state index contributed by atoms with van der Waals surface area (Å²) < 4.78 is 25.6. The third-order valence-corrected chi connectivity index (χ3v) is 11.2. The number of rotatable bonds is 38. The highest BCUT2D eigenvalue weighted by Gasteiger charge is 2.20. The normalized spacial score (nSPS) is 10.8. The molecule has 0 N–H and O–H groups in total. The number of ether oxygens (including phenoxy) is 5. The average molecular weight is 963 g/mol. The molecule has 10 heteroatoms. The van der Waals surface area contributed by atoms with E-state index in [0.29, 0.717) is 44.0 Å². The van der Waals surface area contributed by atoms with Crippen molar-refractivity contribution in [2.24, 2.45) is 0 Å². The second kappa shape index (κ2) is 48.3. The van der Waals surface area contributed by atoms with Crippen LogP contribution >= 0.6 is 0 Å². The van der Waals surface area contributed by atoms with E-state index in [-0.39, 0.29) is 17.1 Å². The van der Waals surface area contributed by atoms with Gasteiger partial charge in [-0.15, -0.1) is 0 Å². The topological polar surface area (TPSA) is 132 Å². The molecule has 0 aliphatic heterocycles. The van der Waals surface area contributed by atoms with Gasteiger partial charge in [-0.3, -0.25) is 4.79 Å². The summed E-state index contributed by atoms with van der Waals surface area (Å²) in [6.45, 7) is 12.2. The molecule has 0 heterocycles. The molecule has 0 saturated heterocycles. The smallest absolute Gasteiger partial charge is 0.339 e. The Hall–Kier alpha value is -4.73. The van der Waals surface area contributed by atoms with E-state index in [1.54, 1.807) is 48.5 Å². The molecule has 0 fully saturated rings. The first kappa shape index (κ1) is 64.3. The van der Waals surface area contributed by atoms with E-state index in [9.17, 15) is 24.0 Å². The van der Waals surface area contributed by atoms with Gasteiger partial charge in [-0.25, -0.2) is 19.2 Å². The lowest BCUT2D eigenvalue weighted by atomic mass is 10.1. The highest BCUT2D eigenvalue weighted by molar-refractivity contribution is 6.03. The van der Waals surface area contributed by atoms with Crippen LogP contribution in [-0.2, 0) is 28.5 Å². The summed E-state index contributed by atoms with van der Waals surface area (Å²) in [7, 11) is 1.45. The van der Waals surface area contributed by atoms with Crippen LogP contribution in [0.2, 0.25) is 0 Å². The zero-order valence-corrected chi connectivity index (χ0v) is 44.1. The standard InChI is InChI=1S/C24H38O4.C19H34O2.C16H22O4/c1-3-5-7-9-11-15-19-27-23(25)21-17-13-14-18-22(21)24(26)28-20-16-12-10-8-6-4-2;1-3-4-5-6-7-8-9-10-11-12-13-14-15-16-17-18-19(20)21-2;1-3-5-11-19-15(17)13-9-7-8-10-14(13)16(18)20-12-6-4-2/h13-14,17-18H,3-12,15-16,19-20H2,1-2H3;7-8,10-11H,3-6,9,12-18H2,1-2H3;7-10H,3-6,11-12H2,1-2H3/b;8-7-,11-10-;. The van der Waals surface area contributed by atoms with Crippen molar-refractivity contribution in [3.8, 4) is 0 Å². The number of allylic oxidation sites excluding steroid dienone is 4. The maximum atomic E-state index is 12.4. The summed E-state index contributed by atoms with van der Waals surface area (Å²) in [5.41, 5.74) is 1.12. The van der Waals surface area contributed by atoms with E-state index in [2.05, 4.69) is 49.8 Å². The fourth-order valence-corrected chi connectivity index (χ4v) is 6.88. The summed E-state index contributed by atoms with van der Waals surface area (Å²) >= 11 is 0. The van der Waals surface area contributed by atoms with E-state index >= 15 is 0 Å². The first-order chi connectivity index (χ1) is 33.7. The Morgan fingerprint density at radius 2 is 0.652 bits per heavy atom. The Bertz CT molecular complexity index is 1560. The van der Waals surface area contributed by atoms with Gasteiger partial charge in [0.05, 0.1) is 55.8 Å². The lowest BCUT2D eigenvalue weighted by molar-refractivity contribution is -0.140. The van der Waals surface area contributed by atoms with Crippen LogP contribution in [0.5, 0.6) is 0 Å². The number of carbonyl (C=O) groups excluding carboxylic acids is 5. The highest BCUT2D eigenvalue weighted by Crippen LogP contribution is 2.16. The predicted molar refractivity (Wildman–Crippen MR) is 282 cm³/mol. The number of esters is 5. The van der Waals surface area contributed by atoms with Crippen LogP contribution in [-0.4, -0.2) is 63.4 Å². The zero-order chi connectivity index (χ0) is 50.8. The van der Waals surface area contributed by atoms with Crippen LogP contribution < -0.4 is 0 Å². The maximum absolute atomic E-state index is 12.4. The van der Waals surface area contributed by atoms with Gasteiger partial charge in [-0.2, -0.15) is 0 Å². The molecule has 0 amide bonds. The summed E-state index contributed by atoms with van der Waals surface area (Å²) in [6, 6.07) is 13.3. The molecule has 0 atom stereocenters. The summed E-state index contributed by atoms with van der Waals surface area (Å²) in [5.74, 6) is -1.91. The van der Waals surface area contributed by atoms with E-state index in [4.69, 9.17) is 18.9 Å². The van der Waals surface area contributed by atoms with Crippen molar-refractivity contribution in [3.05, 3.63) is 95.1 Å². The van der Waals surface area contributed by atoms with Gasteiger partial charge in [-0.1, -0.05) is 192 Å². The molecule has 0 spiro atoms. The maximum Gasteiger partial charge on any atom is 0.339 e. The van der Waals surface area contributed by atoms with Crippen molar-refractivity contribution in [3.63, 3.8) is 0 Å². The fourth-order valence-electron chi connectivity index (χ4n) is 6.88. The molecule has 390 valence electrons. The molecule has 0 aliphatic carbocycles. The summed E-state index contributed by atoms with van der Waals surface area (Å²) in [4.78, 5) is 59.5. The summed E-state index contributed by atoms with van der Waals surface area (Å²) in [5, 5.41) is 0. The summed E-state index contributed by atoms with van der Waals surface area (Å²) in [6.07, 6.45) is 40.2. The van der Waals surface area contributed by atoms with Crippen molar-refractivity contribution in [2.75, 3.05) is 33.5 Å². The molecule has 0 radical (unpaired) electrons. The predicted octanol–water partition coefficient (Wildman–Crippen LogP) is 16.3. The number of carbonyl (C=O) groups is 5. The highest BCUT2D eigenvalue weighted by atomic mass is 16.5. The van der Waals surface area contributed by atoms with E-state index in [0.717, 1.165) is 70.6 Å². The van der Waals surface area contributed by atoms with Gasteiger partial charge in [0.15, 0.2) is 0 Å². The van der Waals surface area contributed by atoms with Crippen molar-refractivity contribution >= 4 is 29.8 Å².